The first-order chi connectivity index (χ1) is 11.3. The summed E-state index contributed by atoms with van der Waals surface area (Å²) >= 11 is 0. The molecule has 1 aromatic carbocycles. The van der Waals surface area contributed by atoms with Gasteiger partial charge in [-0.1, -0.05) is 12.5 Å². The van der Waals surface area contributed by atoms with Crippen molar-refractivity contribution in [2.24, 2.45) is 16.6 Å². The second-order valence-electron chi connectivity index (χ2n) is 5.89. The van der Waals surface area contributed by atoms with Crippen LogP contribution in [-0.2, 0) is 6.18 Å². The molecule has 8 heteroatoms. The van der Waals surface area contributed by atoms with Crippen molar-refractivity contribution in [3.8, 4) is 5.75 Å². The minimum atomic E-state index is -4.43. The van der Waals surface area contributed by atoms with Gasteiger partial charge in [0, 0.05) is 6.54 Å². The van der Waals surface area contributed by atoms with Gasteiger partial charge in [0.1, 0.15) is 18.5 Å². The quantitative estimate of drug-likeness (QED) is 0.523. The standard InChI is InChI=1S/C16H22F3N3O2/c17-16(18,19)12-5-2-6-14(7-12)24-10-13(23)9-22-15(20)21-8-11-3-1-4-11/h2,5-7,11,13,23H,1,3-4,8-10H2,(H3,20,21,22). The van der Waals surface area contributed by atoms with Crippen molar-refractivity contribution in [1.82, 2.24) is 5.32 Å². The van der Waals surface area contributed by atoms with Crippen LogP contribution in [0.2, 0.25) is 0 Å². The summed E-state index contributed by atoms with van der Waals surface area (Å²) in [5, 5.41) is 12.8. The van der Waals surface area contributed by atoms with Gasteiger partial charge >= 0.3 is 6.18 Å². The Bertz CT molecular complexity index is 560. The largest absolute Gasteiger partial charge is 0.491 e. The van der Waals surface area contributed by atoms with E-state index in [2.05, 4.69) is 10.3 Å². The predicted molar refractivity (Wildman–Crippen MR) is 84.8 cm³/mol. The lowest BCUT2D eigenvalue weighted by Crippen LogP contribution is -2.38. The summed E-state index contributed by atoms with van der Waals surface area (Å²) in [6, 6.07) is 4.51. The van der Waals surface area contributed by atoms with Crippen LogP contribution in [0.1, 0.15) is 24.8 Å². The number of nitrogens with one attached hydrogen (secondary N) is 1. The van der Waals surface area contributed by atoms with E-state index in [0.29, 0.717) is 5.92 Å². The number of halogens is 3. The van der Waals surface area contributed by atoms with Crippen molar-refractivity contribution in [2.75, 3.05) is 19.7 Å². The van der Waals surface area contributed by atoms with Crippen molar-refractivity contribution in [2.45, 2.75) is 31.5 Å². The molecule has 0 saturated heterocycles. The third kappa shape index (κ3) is 5.92. The Morgan fingerprint density at radius 1 is 1.42 bits per heavy atom. The van der Waals surface area contributed by atoms with Gasteiger partial charge in [-0.3, -0.25) is 4.99 Å². The molecule has 1 unspecified atom stereocenters. The molecule has 5 nitrogen and oxygen atoms in total. The number of guanidine groups is 1. The summed E-state index contributed by atoms with van der Waals surface area (Å²) in [5.74, 6) is 0.928. The molecule has 1 aliphatic carbocycles. The molecule has 0 aromatic heterocycles. The maximum absolute atomic E-state index is 12.6. The highest BCUT2D eigenvalue weighted by Crippen LogP contribution is 2.31. The van der Waals surface area contributed by atoms with Crippen LogP contribution in [-0.4, -0.2) is 36.9 Å². The third-order valence-electron chi connectivity index (χ3n) is 3.87. The lowest BCUT2D eigenvalue weighted by molar-refractivity contribution is -0.137. The number of aliphatic imine (C=N–C) groups is 1. The topological polar surface area (TPSA) is 79.9 Å². The van der Waals surface area contributed by atoms with Crippen molar-refractivity contribution in [1.29, 1.82) is 0 Å². The molecule has 1 atom stereocenters. The van der Waals surface area contributed by atoms with Crippen molar-refractivity contribution < 1.29 is 23.0 Å². The van der Waals surface area contributed by atoms with Gasteiger partial charge in [-0.2, -0.15) is 13.2 Å². The number of nitrogens with two attached hydrogens (primary N) is 1. The Balaban J connectivity index is 1.73. The van der Waals surface area contributed by atoms with Crippen LogP contribution in [0.4, 0.5) is 13.2 Å². The fourth-order valence-corrected chi connectivity index (χ4v) is 2.21. The number of aliphatic hydroxyl groups is 1. The number of hydrogen-bond donors (Lipinski definition) is 3. The van der Waals surface area contributed by atoms with E-state index in [1.165, 1.54) is 31.4 Å². The number of benzene rings is 1. The van der Waals surface area contributed by atoms with E-state index in [0.717, 1.165) is 18.7 Å². The van der Waals surface area contributed by atoms with E-state index in [1.807, 2.05) is 0 Å². The summed E-state index contributed by atoms with van der Waals surface area (Å²) in [4.78, 5) is 4.00. The van der Waals surface area contributed by atoms with E-state index in [9.17, 15) is 18.3 Å². The second kappa shape index (κ2) is 8.23. The summed E-state index contributed by atoms with van der Waals surface area (Å²) in [6.07, 6.45) is -1.76. The Morgan fingerprint density at radius 3 is 2.79 bits per heavy atom. The lowest BCUT2D eigenvalue weighted by atomic mass is 9.85. The summed E-state index contributed by atoms with van der Waals surface area (Å²) in [5.41, 5.74) is 4.89. The van der Waals surface area contributed by atoms with E-state index in [-0.39, 0.29) is 24.9 Å². The van der Waals surface area contributed by atoms with Crippen LogP contribution in [0.15, 0.2) is 29.3 Å². The van der Waals surface area contributed by atoms with E-state index in [4.69, 9.17) is 10.5 Å². The van der Waals surface area contributed by atoms with Gasteiger partial charge in [0.05, 0.1) is 12.1 Å². The first kappa shape index (κ1) is 18.4. The van der Waals surface area contributed by atoms with Gasteiger partial charge in [0.15, 0.2) is 5.96 Å². The maximum Gasteiger partial charge on any atom is 0.416 e. The van der Waals surface area contributed by atoms with Crippen LogP contribution in [0.5, 0.6) is 5.75 Å². The highest BCUT2D eigenvalue weighted by Gasteiger charge is 2.30. The van der Waals surface area contributed by atoms with E-state index in [1.54, 1.807) is 0 Å². The molecular weight excluding hydrogens is 323 g/mol. The molecule has 1 saturated carbocycles. The second-order valence-corrected chi connectivity index (χ2v) is 5.89. The molecule has 0 bridgehead atoms. The van der Waals surface area contributed by atoms with Gasteiger partial charge in [-0.15, -0.1) is 0 Å². The number of alkyl halides is 3. The summed E-state index contributed by atoms with van der Waals surface area (Å²) in [6.45, 7) is 0.620. The van der Waals surface area contributed by atoms with Crippen molar-refractivity contribution in [3.63, 3.8) is 0 Å². The molecule has 1 aliphatic rings. The summed E-state index contributed by atoms with van der Waals surface area (Å²) < 4.78 is 43.0. The molecule has 134 valence electrons. The van der Waals surface area contributed by atoms with Crippen LogP contribution in [0.3, 0.4) is 0 Å². The minimum absolute atomic E-state index is 0.0163. The third-order valence-corrected chi connectivity index (χ3v) is 3.87. The van der Waals surface area contributed by atoms with E-state index < -0.39 is 17.8 Å². The fraction of sp³-hybridized carbons (Fsp3) is 0.562. The zero-order valence-corrected chi connectivity index (χ0v) is 13.2. The fourth-order valence-electron chi connectivity index (χ4n) is 2.21. The first-order valence-electron chi connectivity index (χ1n) is 7.86. The number of hydrogen-bond acceptors (Lipinski definition) is 3. The van der Waals surface area contributed by atoms with Gasteiger partial charge in [-0.25, -0.2) is 0 Å². The molecule has 0 aliphatic heterocycles. The number of aliphatic hydroxyl groups excluding tert-OH is 1. The minimum Gasteiger partial charge on any atom is -0.491 e. The van der Waals surface area contributed by atoms with Crippen LogP contribution in [0.25, 0.3) is 0 Å². The molecule has 0 radical (unpaired) electrons. The zero-order chi connectivity index (χ0) is 17.6. The summed E-state index contributed by atoms with van der Waals surface area (Å²) in [7, 11) is 0. The van der Waals surface area contributed by atoms with Gasteiger partial charge in [-0.05, 0) is 37.0 Å². The average Bonchev–Trinajstić information content (AvgIpc) is 2.49. The monoisotopic (exact) mass is 345 g/mol. The van der Waals surface area contributed by atoms with E-state index >= 15 is 0 Å². The van der Waals surface area contributed by atoms with Crippen LogP contribution < -0.4 is 15.8 Å². The van der Waals surface area contributed by atoms with Gasteiger partial charge < -0.3 is 20.9 Å². The molecule has 0 spiro atoms. The molecule has 24 heavy (non-hydrogen) atoms. The number of rotatable bonds is 7. The molecule has 1 aromatic rings. The molecule has 1 fully saturated rings. The van der Waals surface area contributed by atoms with Gasteiger partial charge in [0.25, 0.3) is 0 Å². The van der Waals surface area contributed by atoms with Crippen LogP contribution >= 0.6 is 0 Å². The smallest absolute Gasteiger partial charge is 0.416 e. The highest BCUT2D eigenvalue weighted by molar-refractivity contribution is 5.77. The average molecular weight is 345 g/mol. The van der Waals surface area contributed by atoms with Crippen LogP contribution in [0, 0.1) is 5.92 Å². The molecule has 2 rings (SSSR count). The lowest BCUT2D eigenvalue weighted by Gasteiger charge is -2.25. The highest BCUT2D eigenvalue weighted by atomic mass is 19.4. The zero-order valence-electron chi connectivity index (χ0n) is 13.2. The molecular formula is C16H22F3N3O2. The number of ether oxygens (including phenoxy) is 1. The normalized spacial score (nSPS) is 17.2. The predicted octanol–water partition coefficient (Wildman–Crippen LogP) is 2.15. The number of nitrogens with zero attached hydrogens (tertiary/aromatic N) is 1. The Kier molecular flexibility index (Phi) is 6.30. The SMILES string of the molecule is NC(=NCC(O)COc1cccc(C(F)(F)F)c1)NCC1CCC1. The molecule has 4 N–H and O–H groups in total. The molecule has 0 amide bonds. The Morgan fingerprint density at radius 2 is 2.17 bits per heavy atom. The Labute approximate surface area is 138 Å². The maximum atomic E-state index is 12.6. The Hall–Kier alpha value is -1.96. The molecule has 0 heterocycles. The first-order valence-corrected chi connectivity index (χ1v) is 7.86. The van der Waals surface area contributed by atoms with Gasteiger partial charge in [0.2, 0.25) is 0 Å². The van der Waals surface area contributed by atoms with Crippen molar-refractivity contribution in [3.05, 3.63) is 29.8 Å². The van der Waals surface area contributed by atoms with Crippen molar-refractivity contribution >= 4 is 5.96 Å².